The molecule has 1 heterocycles. The number of anilines is 1. The first-order valence-corrected chi connectivity index (χ1v) is 5.93. The Bertz CT molecular complexity index is 373. The minimum absolute atomic E-state index is 0.0412. The number of rotatable bonds is 7. The summed E-state index contributed by atoms with van der Waals surface area (Å²) >= 11 is 0. The average Bonchev–Trinajstić information content (AvgIpc) is 2.24. The largest absolute Gasteiger partial charge is 0.461 e. The van der Waals surface area contributed by atoms with Crippen LogP contribution in [0.1, 0.15) is 27.7 Å². The standard InChI is InChI=1S/C11H20N4O3/c1-5-16-6-8(4)18-11-14-9(12)13-10(15-11)17-7(2)3/h7-8H,5-6H2,1-4H3,(H2,12,13,14,15). The van der Waals surface area contributed by atoms with Gasteiger partial charge in [-0.2, -0.15) is 9.97 Å². The van der Waals surface area contributed by atoms with Crippen LogP contribution in [-0.2, 0) is 4.74 Å². The van der Waals surface area contributed by atoms with Crippen LogP contribution in [0.25, 0.3) is 0 Å². The van der Waals surface area contributed by atoms with E-state index < -0.39 is 0 Å². The summed E-state index contributed by atoms with van der Waals surface area (Å²) in [5, 5.41) is 0. The number of hydrogen-bond donors (Lipinski definition) is 1. The maximum atomic E-state index is 5.56. The Labute approximate surface area is 107 Å². The van der Waals surface area contributed by atoms with Gasteiger partial charge >= 0.3 is 12.0 Å². The van der Waals surface area contributed by atoms with E-state index in [-0.39, 0.29) is 30.2 Å². The topological polar surface area (TPSA) is 92.4 Å². The molecule has 0 aliphatic carbocycles. The molecule has 7 nitrogen and oxygen atoms in total. The zero-order valence-electron chi connectivity index (χ0n) is 11.2. The Balaban J connectivity index is 2.67. The molecule has 7 heteroatoms. The van der Waals surface area contributed by atoms with Crippen molar-refractivity contribution in [1.82, 2.24) is 15.0 Å². The van der Waals surface area contributed by atoms with Crippen molar-refractivity contribution in [3.05, 3.63) is 0 Å². The molecule has 0 aliphatic heterocycles. The summed E-state index contributed by atoms with van der Waals surface area (Å²) in [6.45, 7) is 8.62. The summed E-state index contributed by atoms with van der Waals surface area (Å²) < 4.78 is 16.1. The van der Waals surface area contributed by atoms with Crippen molar-refractivity contribution >= 4 is 5.95 Å². The number of aromatic nitrogens is 3. The summed E-state index contributed by atoms with van der Waals surface area (Å²) in [5.41, 5.74) is 5.56. The van der Waals surface area contributed by atoms with E-state index in [0.29, 0.717) is 13.2 Å². The second kappa shape index (κ2) is 6.95. The molecule has 0 saturated carbocycles. The highest BCUT2D eigenvalue weighted by atomic mass is 16.5. The molecule has 1 aromatic heterocycles. The lowest BCUT2D eigenvalue weighted by atomic mass is 10.4. The first-order chi connectivity index (χ1) is 8.51. The van der Waals surface area contributed by atoms with Crippen LogP contribution in [0.4, 0.5) is 5.95 Å². The molecule has 1 atom stereocenters. The Morgan fingerprint density at radius 1 is 1.06 bits per heavy atom. The Kier molecular flexibility index (Phi) is 5.57. The first-order valence-electron chi connectivity index (χ1n) is 5.93. The van der Waals surface area contributed by atoms with E-state index in [1.165, 1.54) is 0 Å². The van der Waals surface area contributed by atoms with Gasteiger partial charge < -0.3 is 19.9 Å². The summed E-state index contributed by atoms with van der Waals surface area (Å²) in [4.78, 5) is 11.8. The third-order valence-corrected chi connectivity index (χ3v) is 1.82. The number of ether oxygens (including phenoxy) is 3. The highest BCUT2D eigenvalue weighted by molar-refractivity contribution is 5.20. The molecule has 102 valence electrons. The van der Waals surface area contributed by atoms with Gasteiger partial charge in [0.15, 0.2) is 0 Å². The Morgan fingerprint density at radius 3 is 2.22 bits per heavy atom. The summed E-state index contributed by atoms with van der Waals surface area (Å²) in [6, 6.07) is 0.307. The maximum Gasteiger partial charge on any atom is 0.324 e. The number of nitrogens with two attached hydrogens (primary N) is 1. The average molecular weight is 256 g/mol. The van der Waals surface area contributed by atoms with Crippen LogP contribution in [-0.4, -0.2) is 40.4 Å². The fourth-order valence-corrected chi connectivity index (χ4v) is 1.17. The molecule has 0 aliphatic rings. The van der Waals surface area contributed by atoms with E-state index in [2.05, 4.69) is 15.0 Å². The van der Waals surface area contributed by atoms with Crippen molar-refractivity contribution in [3.63, 3.8) is 0 Å². The number of hydrogen-bond acceptors (Lipinski definition) is 7. The van der Waals surface area contributed by atoms with E-state index in [1.807, 2.05) is 27.7 Å². The van der Waals surface area contributed by atoms with Gasteiger partial charge in [0.1, 0.15) is 6.10 Å². The van der Waals surface area contributed by atoms with Crippen molar-refractivity contribution in [3.8, 4) is 12.0 Å². The van der Waals surface area contributed by atoms with Crippen molar-refractivity contribution < 1.29 is 14.2 Å². The van der Waals surface area contributed by atoms with E-state index in [4.69, 9.17) is 19.9 Å². The van der Waals surface area contributed by atoms with Gasteiger partial charge in [0.05, 0.1) is 12.7 Å². The smallest absolute Gasteiger partial charge is 0.324 e. The van der Waals surface area contributed by atoms with Gasteiger partial charge in [0, 0.05) is 6.61 Å². The zero-order chi connectivity index (χ0) is 13.5. The quantitative estimate of drug-likeness (QED) is 0.779. The second-order valence-corrected chi connectivity index (χ2v) is 4.01. The highest BCUT2D eigenvalue weighted by Gasteiger charge is 2.11. The molecule has 0 bridgehead atoms. The molecule has 0 spiro atoms. The lowest BCUT2D eigenvalue weighted by Gasteiger charge is -2.14. The van der Waals surface area contributed by atoms with Crippen LogP contribution in [0.3, 0.4) is 0 Å². The van der Waals surface area contributed by atoms with Crippen LogP contribution >= 0.6 is 0 Å². The maximum absolute atomic E-state index is 5.56. The van der Waals surface area contributed by atoms with Crippen molar-refractivity contribution in [2.75, 3.05) is 18.9 Å². The predicted molar refractivity (Wildman–Crippen MR) is 66.6 cm³/mol. The fourth-order valence-electron chi connectivity index (χ4n) is 1.17. The van der Waals surface area contributed by atoms with E-state index in [0.717, 1.165) is 0 Å². The monoisotopic (exact) mass is 256 g/mol. The van der Waals surface area contributed by atoms with Gasteiger partial charge in [-0.15, -0.1) is 4.98 Å². The summed E-state index contributed by atoms with van der Waals surface area (Å²) in [5.74, 6) is 0.0688. The molecule has 0 radical (unpaired) electrons. The van der Waals surface area contributed by atoms with E-state index in [9.17, 15) is 0 Å². The molecule has 18 heavy (non-hydrogen) atoms. The molecule has 0 saturated heterocycles. The predicted octanol–water partition coefficient (Wildman–Crippen LogP) is 1.04. The molecule has 2 N–H and O–H groups in total. The number of nitrogens with zero attached hydrogens (tertiary/aromatic N) is 3. The molecular weight excluding hydrogens is 236 g/mol. The fraction of sp³-hybridized carbons (Fsp3) is 0.727. The summed E-state index contributed by atoms with van der Waals surface area (Å²) in [7, 11) is 0. The van der Waals surface area contributed by atoms with Gasteiger partial charge in [-0.3, -0.25) is 0 Å². The van der Waals surface area contributed by atoms with Gasteiger partial charge in [-0.05, 0) is 27.7 Å². The van der Waals surface area contributed by atoms with Crippen LogP contribution < -0.4 is 15.2 Å². The Hall–Kier alpha value is -1.63. The van der Waals surface area contributed by atoms with Crippen LogP contribution in [0.15, 0.2) is 0 Å². The van der Waals surface area contributed by atoms with Gasteiger partial charge in [-0.25, -0.2) is 0 Å². The lowest BCUT2D eigenvalue weighted by molar-refractivity contribution is 0.0599. The van der Waals surface area contributed by atoms with Gasteiger partial charge in [0.25, 0.3) is 0 Å². The van der Waals surface area contributed by atoms with Crippen molar-refractivity contribution in [2.24, 2.45) is 0 Å². The third kappa shape index (κ3) is 5.13. The third-order valence-electron chi connectivity index (χ3n) is 1.82. The van der Waals surface area contributed by atoms with Crippen LogP contribution in [0.5, 0.6) is 12.0 Å². The lowest BCUT2D eigenvalue weighted by Crippen LogP contribution is -2.21. The molecule has 1 aromatic rings. The molecular formula is C11H20N4O3. The zero-order valence-corrected chi connectivity index (χ0v) is 11.2. The number of nitrogen functional groups attached to an aromatic ring is 1. The molecule has 1 unspecified atom stereocenters. The minimum Gasteiger partial charge on any atom is -0.461 e. The van der Waals surface area contributed by atoms with E-state index in [1.54, 1.807) is 0 Å². The van der Waals surface area contributed by atoms with Crippen LogP contribution in [0.2, 0.25) is 0 Å². The van der Waals surface area contributed by atoms with Gasteiger partial charge in [-0.1, -0.05) is 0 Å². The van der Waals surface area contributed by atoms with Crippen molar-refractivity contribution in [2.45, 2.75) is 39.9 Å². The van der Waals surface area contributed by atoms with Crippen molar-refractivity contribution in [1.29, 1.82) is 0 Å². The molecule has 0 aromatic carbocycles. The normalized spacial score (nSPS) is 12.5. The highest BCUT2D eigenvalue weighted by Crippen LogP contribution is 2.13. The van der Waals surface area contributed by atoms with Gasteiger partial charge in [0.2, 0.25) is 5.95 Å². The second-order valence-electron chi connectivity index (χ2n) is 4.01. The first kappa shape index (κ1) is 14.4. The summed E-state index contributed by atoms with van der Waals surface area (Å²) in [6.07, 6.45) is -0.209. The molecule has 1 rings (SSSR count). The SMILES string of the molecule is CCOCC(C)Oc1nc(N)nc(OC(C)C)n1. The molecule has 0 fully saturated rings. The molecule has 0 amide bonds. The Morgan fingerprint density at radius 2 is 1.67 bits per heavy atom. The van der Waals surface area contributed by atoms with E-state index >= 15 is 0 Å². The minimum atomic E-state index is -0.168. The van der Waals surface area contributed by atoms with Crippen LogP contribution in [0, 0.1) is 0 Å².